The molecule has 0 aliphatic rings. The summed E-state index contributed by atoms with van der Waals surface area (Å²) in [6, 6.07) is 3.32. The molecule has 0 spiro atoms. The molecule has 0 bridgehead atoms. The molecule has 2 aromatic rings. The van der Waals surface area contributed by atoms with Gasteiger partial charge in [-0.1, -0.05) is 12.1 Å². The fourth-order valence-electron chi connectivity index (χ4n) is 3.48. The zero-order valence-corrected chi connectivity index (χ0v) is 20.1. The summed E-state index contributed by atoms with van der Waals surface area (Å²) >= 11 is 0. The van der Waals surface area contributed by atoms with E-state index in [0.717, 1.165) is 32.4 Å². The maximum Gasteiger partial charge on any atom is 0.460 e. The maximum absolute atomic E-state index is 15.2. The Morgan fingerprint density at radius 3 is 1.73 bits per heavy atom. The Labute approximate surface area is 215 Å². The van der Waals surface area contributed by atoms with Crippen LogP contribution in [0, 0.1) is 0 Å². The molecule has 2 aromatic carbocycles. The first-order valence-corrected chi connectivity index (χ1v) is 10.3. The van der Waals surface area contributed by atoms with Gasteiger partial charge in [0.2, 0.25) is 0 Å². The number of amides is 1. The van der Waals surface area contributed by atoms with E-state index in [1.54, 1.807) is 0 Å². The molecule has 5 nitrogen and oxygen atoms in total. The predicted molar refractivity (Wildman–Crippen MR) is 109 cm³/mol. The number of rotatable bonds is 9. The van der Waals surface area contributed by atoms with E-state index < -0.39 is 81.9 Å². The van der Waals surface area contributed by atoms with Crippen LogP contribution in [-0.2, 0) is 15.5 Å². The molecule has 224 valence electrons. The normalized spacial score (nSPS) is 13.8. The number of esters is 1. The molecule has 0 unspecified atom stereocenters. The predicted octanol–water partition coefficient (Wildman–Crippen LogP) is 6.29. The molecule has 0 radical (unpaired) electrons. The number of benzene rings is 2. The van der Waals surface area contributed by atoms with Crippen LogP contribution in [0.5, 0.6) is 5.75 Å². The van der Waals surface area contributed by atoms with Crippen LogP contribution in [0.4, 0.5) is 57.1 Å². The second-order valence-electron chi connectivity index (χ2n) is 8.15. The minimum absolute atomic E-state index is 0.402. The summed E-state index contributed by atoms with van der Waals surface area (Å²) in [6.07, 6.45) is -7.55. The van der Waals surface area contributed by atoms with Crippen molar-refractivity contribution in [1.29, 1.82) is 0 Å². The Hall–Kier alpha value is -3.47. The summed E-state index contributed by atoms with van der Waals surface area (Å²) < 4.78 is 188. The number of halogens is 13. The highest BCUT2D eigenvalue weighted by molar-refractivity contribution is 6.08. The molecule has 0 saturated carbocycles. The number of likely N-dealkylation sites (N-methyl/N-ethyl adjacent to an activating group) is 1. The molecule has 0 N–H and O–H groups in total. The second-order valence-corrected chi connectivity index (χ2v) is 8.15. The molecule has 0 aromatic heterocycles. The van der Waals surface area contributed by atoms with E-state index in [1.807, 2.05) is 0 Å². The van der Waals surface area contributed by atoms with E-state index in [9.17, 15) is 57.9 Å². The Kier molecular flexibility index (Phi) is 8.33. The van der Waals surface area contributed by atoms with Crippen LogP contribution in [0.3, 0.4) is 0 Å². The molecule has 0 aliphatic carbocycles. The average molecular weight is 605 g/mol. The lowest BCUT2D eigenvalue weighted by Crippen LogP contribution is -2.69. The topological polar surface area (TPSA) is 55.8 Å². The fourth-order valence-corrected chi connectivity index (χ4v) is 3.48. The van der Waals surface area contributed by atoms with Crippen LogP contribution in [0.15, 0.2) is 30.3 Å². The van der Waals surface area contributed by atoms with Crippen molar-refractivity contribution in [2.45, 2.75) is 35.8 Å². The van der Waals surface area contributed by atoms with Crippen molar-refractivity contribution in [3.8, 4) is 5.75 Å². The van der Waals surface area contributed by atoms with Gasteiger partial charge in [0.25, 0.3) is 5.91 Å². The van der Waals surface area contributed by atoms with Crippen LogP contribution in [-0.4, -0.2) is 74.5 Å². The minimum Gasteiger partial charge on any atom is -0.496 e. The Bertz CT molecular complexity index is 1290. The lowest BCUT2D eigenvalue weighted by atomic mass is 9.87. The van der Waals surface area contributed by atoms with E-state index in [2.05, 4.69) is 9.47 Å². The fraction of sp³-hybridized carbons (Fsp3) is 0.455. The number of carbonyl (C=O) groups excluding carboxylic acids is 2. The Morgan fingerprint density at radius 2 is 1.25 bits per heavy atom. The third-order valence-corrected chi connectivity index (χ3v) is 5.66. The van der Waals surface area contributed by atoms with Gasteiger partial charge in [-0.15, -0.1) is 0 Å². The van der Waals surface area contributed by atoms with Gasteiger partial charge in [-0.2, -0.15) is 57.1 Å². The molecule has 2 rings (SSSR count). The van der Waals surface area contributed by atoms with E-state index in [4.69, 9.17) is 0 Å². The van der Waals surface area contributed by atoms with Gasteiger partial charge >= 0.3 is 41.8 Å². The summed E-state index contributed by atoms with van der Waals surface area (Å²) in [5.41, 5.74) is -2.97. The molecular formula is C22H16F13NO4. The smallest absolute Gasteiger partial charge is 0.460 e. The van der Waals surface area contributed by atoms with E-state index in [-0.39, 0.29) is 0 Å². The lowest BCUT2D eigenvalue weighted by molar-refractivity contribution is -0.441. The number of carbonyl (C=O) groups is 2. The molecule has 1 amide bonds. The number of methoxy groups -OCH3 is 2. The van der Waals surface area contributed by atoms with Gasteiger partial charge < -0.3 is 14.4 Å². The van der Waals surface area contributed by atoms with Crippen molar-refractivity contribution in [2.24, 2.45) is 0 Å². The number of nitrogens with zero attached hydrogens (tertiary/aromatic N) is 1. The molecule has 0 saturated heterocycles. The van der Waals surface area contributed by atoms with Gasteiger partial charge in [-0.05, 0) is 29.0 Å². The van der Waals surface area contributed by atoms with Crippen LogP contribution >= 0.6 is 0 Å². The highest BCUT2D eigenvalue weighted by atomic mass is 19.4. The quantitative estimate of drug-likeness (QED) is 0.249. The summed E-state index contributed by atoms with van der Waals surface area (Å²) in [7, 11) is 2.49. The van der Waals surface area contributed by atoms with E-state index in [1.165, 1.54) is 0 Å². The van der Waals surface area contributed by atoms with Crippen molar-refractivity contribution >= 4 is 22.6 Å². The zero-order valence-electron chi connectivity index (χ0n) is 20.1. The van der Waals surface area contributed by atoms with Gasteiger partial charge in [0.15, 0.2) is 0 Å². The van der Waals surface area contributed by atoms with Gasteiger partial charge in [-0.25, -0.2) is 0 Å². The summed E-state index contributed by atoms with van der Waals surface area (Å²) in [5, 5.41) is -1.96. The number of hydrogen-bond acceptors (Lipinski definition) is 4. The first-order chi connectivity index (χ1) is 18.0. The Balaban J connectivity index is 2.85. The van der Waals surface area contributed by atoms with Crippen molar-refractivity contribution in [1.82, 2.24) is 4.90 Å². The number of fused-ring (bicyclic) bond motifs is 1. The monoisotopic (exact) mass is 605 g/mol. The van der Waals surface area contributed by atoms with Crippen molar-refractivity contribution in [2.75, 3.05) is 27.8 Å². The highest BCUT2D eigenvalue weighted by Gasteiger charge is 2.91. The first-order valence-electron chi connectivity index (χ1n) is 10.3. The van der Waals surface area contributed by atoms with Crippen LogP contribution < -0.4 is 4.74 Å². The molecule has 40 heavy (non-hydrogen) atoms. The largest absolute Gasteiger partial charge is 0.496 e. The van der Waals surface area contributed by atoms with Gasteiger partial charge in [0.05, 0.1) is 19.8 Å². The number of alkyl halides is 13. The Morgan fingerprint density at radius 1 is 0.725 bits per heavy atom. The zero-order chi connectivity index (χ0) is 31.3. The van der Waals surface area contributed by atoms with Crippen LogP contribution in [0.2, 0.25) is 0 Å². The number of ether oxygens (including phenoxy) is 2. The molecule has 0 fully saturated rings. The van der Waals surface area contributed by atoms with Gasteiger partial charge in [0.1, 0.15) is 12.3 Å². The summed E-state index contributed by atoms with van der Waals surface area (Å²) in [6.45, 7) is -0.725. The lowest BCUT2D eigenvalue weighted by Gasteiger charge is -2.40. The third-order valence-electron chi connectivity index (χ3n) is 5.66. The summed E-state index contributed by atoms with van der Waals surface area (Å²) in [5.74, 6) is -41.8. The SMILES string of the molecule is COC(=O)CN(C)C(=O)c1cccc2c(C(F)(F)C(F)(F)C(F)(F)C(F)(F)C(F)(F)C(F)(F)F)c(OC)ccc12. The molecule has 0 heterocycles. The van der Waals surface area contributed by atoms with Crippen molar-refractivity contribution in [3.63, 3.8) is 0 Å². The minimum atomic E-state index is -8.08. The van der Waals surface area contributed by atoms with Crippen molar-refractivity contribution in [3.05, 3.63) is 41.5 Å². The molecule has 0 atom stereocenters. The van der Waals surface area contributed by atoms with Crippen molar-refractivity contribution < 1.29 is 76.1 Å². The highest BCUT2D eigenvalue weighted by Crippen LogP contribution is 2.63. The van der Waals surface area contributed by atoms with E-state index in [0.29, 0.717) is 24.1 Å². The summed E-state index contributed by atoms with van der Waals surface area (Å²) in [4.78, 5) is 24.9. The van der Waals surface area contributed by atoms with Crippen LogP contribution in [0.1, 0.15) is 15.9 Å². The standard InChI is InChI=1S/C22H16F13NO4/c1-36(9-14(37)40-3)16(38)12-6-4-5-11-10(12)7-8-13(39-2)15(11)17(23,24)18(25,26)19(27,28)20(29,30)21(31,32)22(33,34)35/h4-8H,9H2,1-3H3. The third kappa shape index (κ3) is 4.74. The number of hydrogen-bond donors (Lipinski definition) is 0. The van der Waals surface area contributed by atoms with E-state index >= 15 is 8.78 Å². The maximum atomic E-state index is 15.2. The molecule has 0 aliphatic heterocycles. The van der Waals surface area contributed by atoms with Gasteiger partial charge in [-0.3, -0.25) is 9.59 Å². The average Bonchev–Trinajstić information content (AvgIpc) is 2.85. The first kappa shape index (κ1) is 32.7. The second kappa shape index (κ2) is 10.2. The molecule has 18 heteroatoms. The molecular weight excluding hydrogens is 589 g/mol. The van der Waals surface area contributed by atoms with Crippen LogP contribution in [0.25, 0.3) is 10.8 Å². The van der Waals surface area contributed by atoms with Gasteiger partial charge in [0, 0.05) is 12.6 Å².